The van der Waals surface area contributed by atoms with Crippen LogP contribution in [0.5, 0.6) is 0 Å². The van der Waals surface area contributed by atoms with Crippen molar-refractivity contribution in [3.05, 3.63) is 23.9 Å². The molecular weight excluding hydrogens is 236 g/mol. The van der Waals surface area contributed by atoms with E-state index < -0.39 is 0 Å². The number of anilines is 1. The maximum Gasteiger partial charge on any atom is 0.128 e. The minimum atomic E-state index is 0.840. The lowest BCUT2D eigenvalue weighted by molar-refractivity contribution is 0.284. The molecule has 0 radical (unpaired) electrons. The molecule has 1 aliphatic heterocycles. The van der Waals surface area contributed by atoms with Crippen molar-refractivity contribution in [1.29, 1.82) is 0 Å². The van der Waals surface area contributed by atoms with Crippen LogP contribution < -0.4 is 10.2 Å². The van der Waals surface area contributed by atoms with Crippen LogP contribution in [0, 0.1) is 5.92 Å². The second kappa shape index (κ2) is 6.87. The van der Waals surface area contributed by atoms with Gasteiger partial charge in [-0.05, 0) is 57.6 Å². The van der Waals surface area contributed by atoms with Crippen molar-refractivity contribution in [2.75, 3.05) is 45.7 Å². The molecule has 1 aromatic heterocycles. The topological polar surface area (TPSA) is 31.4 Å². The lowest BCUT2D eigenvalue weighted by Gasteiger charge is -2.34. The number of nitrogens with zero attached hydrogens (tertiary/aromatic N) is 3. The zero-order chi connectivity index (χ0) is 13.7. The van der Waals surface area contributed by atoms with Crippen molar-refractivity contribution in [2.24, 2.45) is 5.92 Å². The van der Waals surface area contributed by atoms with Crippen LogP contribution >= 0.6 is 0 Å². The highest BCUT2D eigenvalue weighted by Gasteiger charge is 2.20. The summed E-state index contributed by atoms with van der Waals surface area (Å²) in [5, 5.41) is 3.19. The second-order valence-corrected chi connectivity index (χ2v) is 5.75. The first-order valence-electron chi connectivity index (χ1n) is 7.18. The van der Waals surface area contributed by atoms with E-state index in [9.17, 15) is 0 Å². The summed E-state index contributed by atoms with van der Waals surface area (Å²) in [5.74, 6) is 1.97. The van der Waals surface area contributed by atoms with E-state index >= 15 is 0 Å². The average molecular weight is 262 g/mol. The van der Waals surface area contributed by atoms with Gasteiger partial charge in [-0.3, -0.25) is 0 Å². The summed E-state index contributed by atoms with van der Waals surface area (Å²) in [6.45, 7) is 4.39. The first-order valence-corrected chi connectivity index (χ1v) is 7.18. The third kappa shape index (κ3) is 4.18. The van der Waals surface area contributed by atoms with Gasteiger partial charge < -0.3 is 15.1 Å². The molecule has 1 aliphatic rings. The van der Waals surface area contributed by atoms with E-state index in [2.05, 4.69) is 46.3 Å². The SMILES string of the molecule is CNCc1ccnc(N2CCC(CN(C)C)CC2)c1. The molecular formula is C15H26N4. The Kier molecular flexibility index (Phi) is 5.16. The van der Waals surface area contributed by atoms with Crippen molar-refractivity contribution < 1.29 is 0 Å². The minimum absolute atomic E-state index is 0.840. The van der Waals surface area contributed by atoms with Gasteiger partial charge in [0, 0.05) is 32.4 Å². The number of aromatic nitrogens is 1. The highest BCUT2D eigenvalue weighted by atomic mass is 15.2. The Hall–Kier alpha value is -1.13. The fraction of sp³-hybridized carbons (Fsp3) is 0.667. The molecule has 1 N–H and O–H groups in total. The summed E-state index contributed by atoms with van der Waals surface area (Å²) in [4.78, 5) is 9.24. The molecule has 0 saturated carbocycles. The Labute approximate surface area is 116 Å². The van der Waals surface area contributed by atoms with E-state index in [-0.39, 0.29) is 0 Å². The molecule has 0 aliphatic carbocycles. The Morgan fingerprint density at radius 3 is 2.74 bits per heavy atom. The van der Waals surface area contributed by atoms with Crippen LogP contribution in [-0.4, -0.2) is 50.7 Å². The minimum Gasteiger partial charge on any atom is -0.357 e. The Morgan fingerprint density at radius 2 is 2.11 bits per heavy atom. The highest BCUT2D eigenvalue weighted by molar-refractivity contribution is 5.41. The largest absolute Gasteiger partial charge is 0.357 e. The van der Waals surface area contributed by atoms with Crippen molar-refractivity contribution >= 4 is 5.82 Å². The molecule has 0 atom stereocenters. The fourth-order valence-corrected chi connectivity index (χ4v) is 2.81. The van der Waals surface area contributed by atoms with Crippen molar-refractivity contribution in [2.45, 2.75) is 19.4 Å². The van der Waals surface area contributed by atoms with Crippen LogP contribution in [0.25, 0.3) is 0 Å². The van der Waals surface area contributed by atoms with Crippen molar-refractivity contribution in [3.8, 4) is 0 Å². The van der Waals surface area contributed by atoms with Gasteiger partial charge in [-0.2, -0.15) is 0 Å². The zero-order valence-corrected chi connectivity index (χ0v) is 12.4. The number of nitrogens with one attached hydrogen (secondary N) is 1. The molecule has 1 fully saturated rings. The van der Waals surface area contributed by atoms with Gasteiger partial charge >= 0.3 is 0 Å². The Bertz CT molecular complexity index is 383. The fourth-order valence-electron chi connectivity index (χ4n) is 2.81. The van der Waals surface area contributed by atoms with E-state index in [1.54, 1.807) is 0 Å². The summed E-state index contributed by atoms with van der Waals surface area (Å²) in [5.41, 5.74) is 1.31. The lowest BCUT2D eigenvalue weighted by atomic mass is 9.96. The van der Waals surface area contributed by atoms with Gasteiger partial charge in [0.1, 0.15) is 5.82 Å². The standard InChI is InChI=1S/C15H26N4/c1-16-11-14-4-7-17-15(10-14)19-8-5-13(6-9-19)12-18(2)3/h4,7,10,13,16H,5-6,8-9,11-12H2,1-3H3. The maximum absolute atomic E-state index is 4.52. The maximum atomic E-state index is 4.52. The molecule has 0 bridgehead atoms. The van der Waals surface area contributed by atoms with Crippen LogP contribution in [0.1, 0.15) is 18.4 Å². The summed E-state index contributed by atoms with van der Waals surface area (Å²) < 4.78 is 0. The molecule has 0 amide bonds. The van der Waals surface area contributed by atoms with Crippen LogP contribution in [0.2, 0.25) is 0 Å². The molecule has 4 nitrogen and oxygen atoms in total. The predicted octanol–water partition coefficient (Wildman–Crippen LogP) is 1.58. The molecule has 4 heteroatoms. The van der Waals surface area contributed by atoms with Gasteiger partial charge in [-0.1, -0.05) is 0 Å². The van der Waals surface area contributed by atoms with Gasteiger partial charge in [-0.15, -0.1) is 0 Å². The first-order chi connectivity index (χ1) is 9.19. The molecule has 0 unspecified atom stereocenters. The number of hydrogen-bond acceptors (Lipinski definition) is 4. The number of pyridine rings is 1. The smallest absolute Gasteiger partial charge is 0.128 e. The predicted molar refractivity (Wildman–Crippen MR) is 80.5 cm³/mol. The summed E-state index contributed by atoms with van der Waals surface area (Å²) in [6, 6.07) is 4.29. The summed E-state index contributed by atoms with van der Waals surface area (Å²) in [6.07, 6.45) is 4.47. The lowest BCUT2D eigenvalue weighted by Crippen LogP contribution is -2.37. The summed E-state index contributed by atoms with van der Waals surface area (Å²) >= 11 is 0. The molecule has 1 aromatic rings. The van der Waals surface area contributed by atoms with Crippen LogP contribution in [0.3, 0.4) is 0 Å². The molecule has 0 spiro atoms. The average Bonchev–Trinajstić information content (AvgIpc) is 2.40. The number of piperidine rings is 1. The van der Waals surface area contributed by atoms with E-state index in [0.717, 1.165) is 31.4 Å². The van der Waals surface area contributed by atoms with Crippen LogP contribution in [0.15, 0.2) is 18.3 Å². The van der Waals surface area contributed by atoms with Gasteiger partial charge in [-0.25, -0.2) is 4.98 Å². The summed E-state index contributed by atoms with van der Waals surface area (Å²) in [7, 11) is 6.30. The second-order valence-electron chi connectivity index (χ2n) is 5.75. The first kappa shape index (κ1) is 14.3. The highest BCUT2D eigenvalue weighted by Crippen LogP contribution is 2.22. The number of hydrogen-bond donors (Lipinski definition) is 1. The quantitative estimate of drug-likeness (QED) is 0.873. The monoisotopic (exact) mass is 262 g/mol. The Morgan fingerprint density at radius 1 is 1.37 bits per heavy atom. The van der Waals surface area contributed by atoms with Crippen LogP contribution in [0.4, 0.5) is 5.82 Å². The van der Waals surface area contributed by atoms with Gasteiger partial charge in [0.05, 0.1) is 0 Å². The molecule has 2 rings (SSSR count). The van der Waals surface area contributed by atoms with Gasteiger partial charge in [0.15, 0.2) is 0 Å². The van der Waals surface area contributed by atoms with Crippen molar-refractivity contribution in [3.63, 3.8) is 0 Å². The van der Waals surface area contributed by atoms with E-state index in [0.29, 0.717) is 0 Å². The van der Waals surface area contributed by atoms with E-state index in [1.807, 2.05) is 13.2 Å². The molecule has 106 valence electrons. The third-order valence-electron chi connectivity index (χ3n) is 3.75. The molecule has 1 saturated heterocycles. The van der Waals surface area contributed by atoms with E-state index in [1.165, 1.54) is 24.9 Å². The van der Waals surface area contributed by atoms with Gasteiger partial charge in [0.2, 0.25) is 0 Å². The molecule has 2 heterocycles. The Balaban J connectivity index is 1.92. The van der Waals surface area contributed by atoms with Gasteiger partial charge in [0.25, 0.3) is 0 Å². The van der Waals surface area contributed by atoms with Crippen molar-refractivity contribution in [1.82, 2.24) is 15.2 Å². The zero-order valence-electron chi connectivity index (χ0n) is 12.4. The third-order valence-corrected chi connectivity index (χ3v) is 3.75. The number of rotatable bonds is 5. The molecule has 19 heavy (non-hydrogen) atoms. The van der Waals surface area contributed by atoms with E-state index in [4.69, 9.17) is 0 Å². The normalized spacial score (nSPS) is 17.2. The molecule has 0 aromatic carbocycles. The van der Waals surface area contributed by atoms with Crippen LogP contribution in [-0.2, 0) is 6.54 Å².